The van der Waals surface area contributed by atoms with E-state index in [0.717, 1.165) is 21.9 Å². The number of ether oxygens (including phenoxy) is 1. The van der Waals surface area contributed by atoms with Crippen LogP contribution < -0.4 is 5.63 Å². The number of rotatable bonds is 3. The van der Waals surface area contributed by atoms with E-state index in [1.165, 1.54) is 6.07 Å². The molecule has 0 saturated carbocycles. The molecule has 140 valence electrons. The van der Waals surface area contributed by atoms with E-state index >= 15 is 0 Å². The highest BCUT2D eigenvalue weighted by Crippen LogP contribution is 2.23. The number of hydrogen-bond donors (Lipinski definition) is 0. The maximum absolute atomic E-state index is 12.5. The second-order valence-corrected chi connectivity index (χ2v) is 7.03. The monoisotopic (exact) mass is 393 g/mol. The molecule has 0 aliphatic carbocycles. The van der Waals surface area contributed by atoms with Crippen LogP contribution in [0, 0.1) is 13.8 Å². The van der Waals surface area contributed by atoms with Gasteiger partial charge in [-0.2, -0.15) is 0 Å². The SMILES string of the molecule is Cc1cc2oc(=O)cc(COC(=O)c3ccc4nc(Cl)ccc4c3)c2cc1C. The summed E-state index contributed by atoms with van der Waals surface area (Å²) >= 11 is 5.88. The number of pyridine rings is 1. The van der Waals surface area contributed by atoms with E-state index < -0.39 is 11.6 Å². The highest BCUT2D eigenvalue weighted by Gasteiger charge is 2.12. The average molecular weight is 394 g/mol. The van der Waals surface area contributed by atoms with Gasteiger partial charge in [-0.05, 0) is 67.4 Å². The summed E-state index contributed by atoms with van der Waals surface area (Å²) < 4.78 is 10.7. The first-order valence-corrected chi connectivity index (χ1v) is 9.06. The smallest absolute Gasteiger partial charge is 0.338 e. The minimum Gasteiger partial charge on any atom is -0.457 e. The first kappa shape index (κ1) is 18.2. The number of aryl methyl sites for hydroxylation is 2. The van der Waals surface area contributed by atoms with Crippen molar-refractivity contribution < 1.29 is 13.9 Å². The lowest BCUT2D eigenvalue weighted by molar-refractivity contribution is 0.0474. The van der Waals surface area contributed by atoms with Crippen LogP contribution in [0.1, 0.15) is 27.0 Å². The second-order valence-electron chi connectivity index (χ2n) is 6.64. The standard InChI is InChI=1S/C22H16ClNO4/c1-12-7-17-16(10-21(25)28-19(17)8-13(12)2)11-27-22(26)15-3-5-18-14(9-15)4-6-20(23)24-18/h3-10H,11H2,1-2H3. The molecule has 0 fully saturated rings. The summed E-state index contributed by atoms with van der Waals surface area (Å²) in [6.07, 6.45) is 0. The van der Waals surface area contributed by atoms with Crippen molar-refractivity contribution in [2.24, 2.45) is 0 Å². The molecule has 0 aliphatic rings. The molecule has 0 saturated heterocycles. The topological polar surface area (TPSA) is 69.4 Å². The number of hydrogen-bond acceptors (Lipinski definition) is 5. The summed E-state index contributed by atoms with van der Waals surface area (Å²) in [6, 6.07) is 13.6. The van der Waals surface area contributed by atoms with Crippen molar-refractivity contribution in [1.29, 1.82) is 0 Å². The van der Waals surface area contributed by atoms with Crippen molar-refractivity contribution in [3.05, 3.63) is 86.4 Å². The summed E-state index contributed by atoms with van der Waals surface area (Å²) in [5.74, 6) is -0.484. The molecule has 6 heteroatoms. The summed E-state index contributed by atoms with van der Waals surface area (Å²) in [5, 5.41) is 1.94. The van der Waals surface area contributed by atoms with Crippen molar-refractivity contribution in [3.63, 3.8) is 0 Å². The van der Waals surface area contributed by atoms with Gasteiger partial charge in [-0.1, -0.05) is 11.6 Å². The third-order valence-corrected chi connectivity index (χ3v) is 4.90. The number of aromatic nitrogens is 1. The van der Waals surface area contributed by atoms with E-state index in [-0.39, 0.29) is 6.61 Å². The predicted octanol–water partition coefficient (Wildman–Crippen LogP) is 4.97. The molecule has 5 nitrogen and oxygen atoms in total. The normalized spacial score (nSPS) is 11.1. The van der Waals surface area contributed by atoms with E-state index in [1.807, 2.05) is 26.0 Å². The van der Waals surface area contributed by atoms with Crippen molar-refractivity contribution in [2.75, 3.05) is 0 Å². The Morgan fingerprint density at radius 3 is 2.68 bits per heavy atom. The van der Waals surface area contributed by atoms with Crippen LogP contribution >= 0.6 is 11.6 Å². The number of carbonyl (C=O) groups excluding carboxylic acids is 1. The largest absolute Gasteiger partial charge is 0.457 e. The van der Waals surface area contributed by atoms with Gasteiger partial charge in [0.25, 0.3) is 0 Å². The molecule has 0 spiro atoms. The number of nitrogens with zero attached hydrogens (tertiary/aromatic N) is 1. The highest BCUT2D eigenvalue weighted by molar-refractivity contribution is 6.29. The molecule has 4 rings (SSSR count). The second kappa shape index (κ2) is 7.09. The molecule has 4 aromatic rings. The summed E-state index contributed by atoms with van der Waals surface area (Å²) in [7, 11) is 0. The molecule has 0 radical (unpaired) electrons. The zero-order valence-electron chi connectivity index (χ0n) is 15.3. The zero-order valence-corrected chi connectivity index (χ0v) is 16.0. The first-order valence-electron chi connectivity index (χ1n) is 8.68. The van der Waals surface area contributed by atoms with E-state index in [0.29, 0.717) is 27.4 Å². The Hall–Kier alpha value is -3.18. The van der Waals surface area contributed by atoms with E-state index in [9.17, 15) is 9.59 Å². The third kappa shape index (κ3) is 3.49. The Bertz CT molecular complexity index is 1290. The van der Waals surface area contributed by atoms with Crippen LogP contribution in [0.25, 0.3) is 21.9 Å². The zero-order chi connectivity index (χ0) is 19.8. The molecule has 0 atom stereocenters. The van der Waals surface area contributed by atoms with Crippen molar-refractivity contribution in [3.8, 4) is 0 Å². The van der Waals surface area contributed by atoms with Crippen molar-refractivity contribution in [2.45, 2.75) is 20.5 Å². The molecule has 2 heterocycles. The Balaban J connectivity index is 1.62. The van der Waals surface area contributed by atoms with Gasteiger partial charge in [-0.15, -0.1) is 0 Å². The molecule has 2 aromatic heterocycles. The lowest BCUT2D eigenvalue weighted by Gasteiger charge is -2.09. The fourth-order valence-electron chi connectivity index (χ4n) is 3.06. The van der Waals surface area contributed by atoms with Gasteiger partial charge in [0.05, 0.1) is 11.1 Å². The van der Waals surface area contributed by atoms with Gasteiger partial charge in [-0.3, -0.25) is 0 Å². The third-order valence-electron chi connectivity index (χ3n) is 4.69. The number of halogens is 1. The van der Waals surface area contributed by atoms with Gasteiger partial charge in [0, 0.05) is 22.4 Å². The summed E-state index contributed by atoms with van der Waals surface area (Å²) in [5.41, 5.74) is 3.80. The number of esters is 1. The minimum atomic E-state index is -0.484. The first-order chi connectivity index (χ1) is 13.4. The van der Waals surface area contributed by atoms with Crippen LogP contribution in [0.4, 0.5) is 0 Å². The molecular formula is C22H16ClNO4. The Morgan fingerprint density at radius 2 is 1.86 bits per heavy atom. The Morgan fingerprint density at radius 1 is 1.07 bits per heavy atom. The maximum Gasteiger partial charge on any atom is 0.338 e. The maximum atomic E-state index is 12.5. The van der Waals surface area contributed by atoms with Gasteiger partial charge >= 0.3 is 11.6 Å². The van der Waals surface area contributed by atoms with Gasteiger partial charge in [0.15, 0.2) is 0 Å². The highest BCUT2D eigenvalue weighted by atomic mass is 35.5. The molecule has 0 unspecified atom stereocenters. The van der Waals surface area contributed by atoms with Gasteiger partial charge in [0.2, 0.25) is 0 Å². The van der Waals surface area contributed by atoms with Crippen LogP contribution in [-0.2, 0) is 11.3 Å². The molecule has 28 heavy (non-hydrogen) atoms. The van der Waals surface area contributed by atoms with Crippen LogP contribution in [0.15, 0.2) is 57.7 Å². The van der Waals surface area contributed by atoms with Crippen LogP contribution in [-0.4, -0.2) is 11.0 Å². The van der Waals surface area contributed by atoms with Gasteiger partial charge in [0.1, 0.15) is 17.3 Å². The number of carbonyl (C=O) groups is 1. The molecule has 0 N–H and O–H groups in total. The van der Waals surface area contributed by atoms with E-state index in [4.69, 9.17) is 20.8 Å². The fourth-order valence-corrected chi connectivity index (χ4v) is 3.21. The van der Waals surface area contributed by atoms with Crippen molar-refractivity contribution in [1.82, 2.24) is 4.98 Å². The molecule has 0 aliphatic heterocycles. The minimum absolute atomic E-state index is 0.0274. The summed E-state index contributed by atoms with van der Waals surface area (Å²) in [4.78, 5) is 28.6. The quantitative estimate of drug-likeness (QED) is 0.279. The van der Waals surface area contributed by atoms with Crippen LogP contribution in [0.3, 0.4) is 0 Å². The van der Waals surface area contributed by atoms with Gasteiger partial charge in [-0.25, -0.2) is 14.6 Å². The molecular weight excluding hydrogens is 378 g/mol. The predicted molar refractivity (Wildman–Crippen MR) is 108 cm³/mol. The van der Waals surface area contributed by atoms with Crippen LogP contribution in [0.5, 0.6) is 0 Å². The molecule has 0 bridgehead atoms. The molecule has 0 amide bonds. The molecule has 2 aromatic carbocycles. The average Bonchev–Trinajstić information content (AvgIpc) is 2.66. The van der Waals surface area contributed by atoms with Gasteiger partial charge < -0.3 is 9.15 Å². The van der Waals surface area contributed by atoms with E-state index in [2.05, 4.69) is 4.98 Å². The fraction of sp³-hybridized carbons (Fsp3) is 0.136. The van der Waals surface area contributed by atoms with Crippen molar-refractivity contribution >= 4 is 39.4 Å². The number of benzene rings is 2. The lowest BCUT2D eigenvalue weighted by atomic mass is 10.0. The summed E-state index contributed by atoms with van der Waals surface area (Å²) in [6.45, 7) is 3.90. The van der Waals surface area contributed by atoms with E-state index in [1.54, 1.807) is 30.3 Å². The Labute approximate surface area is 165 Å². The number of fused-ring (bicyclic) bond motifs is 2. The lowest BCUT2D eigenvalue weighted by Crippen LogP contribution is -2.08. The Kier molecular flexibility index (Phi) is 4.61. The van der Waals surface area contributed by atoms with Crippen LogP contribution in [0.2, 0.25) is 5.15 Å².